The minimum atomic E-state index is 0.746. The Kier molecular flexibility index (Phi) is 4.76. The van der Waals surface area contributed by atoms with Crippen molar-refractivity contribution in [1.29, 1.82) is 0 Å². The minimum absolute atomic E-state index is 0.746. The number of methoxy groups -OCH3 is 2. The van der Waals surface area contributed by atoms with Crippen LogP contribution in [0.2, 0.25) is 0 Å². The molecule has 0 spiro atoms. The maximum Gasteiger partial charge on any atom is 0.160 e. The molecule has 0 aliphatic rings. The normalized spacial score (nSPS) is 10.2. The smallest absolute Gasteiger partial charge is 0.160 e. The van der Waals surface area contributed by atoms with Crippen molar-refractivity contribution in [1.82, 2.24) is 9.97 Å². The zero-order valence-corrected chi connectivity index (χ0v) is 12.0. The first kappa shape index (κ1) is 14.1. The summed E-state index contributed by atoms with van der Waals surface area (Å²) < 4.78 is 10.5. The lowest BCUT2D eigenvalue weighted by atomic mass is 10.1. The number of aryl methyl sites for hydroxylation is 1. The Hall–Kier alpha value is -2.30. The molecule has 5 nitrogen and oxygen atoms in total. The third-order valence-corrected chi connectivity index (χ3v) is 2.94. The quantitative estimate of drug-likeness (QED) is 0.876. The number of nitrogens with zero attached hydrogens (tertiary/aromatic N) is 2. The molecule has 0 radical (unpaired) electrons. The predicted molar refractivity (Wildman–Crippen MR) is 78.5 cm³/mol. The Labute approximate surface area is 119 Å². The van der Waals surface area contributed by atoms with Crippen LogP contribution in [0.25, 0.3) is 0 Å². The van der Waals surface area contributed by atoms with Gasteiger partial charge in [0.2, 0.25) is 0 Å². The van der Waals surface area contributed by atoms with Crippen LogP contribution in [-0.4, -0.2) is 30.7 Å². The fraction of sp³-hybridized carbons (Fsp3) is 0.333. The first-order chi connectivity index (χ1) is 9.72. The molecule has 1 N–H and O–H groups in total. The van der Waals surface area contributed by atoms with Crippen LogP contribution in [0.3, 0.4) is 0 Å². The fourth-order valence-electron chi connectivity index (χ4n) is 1.93. The molecule has 0 saturated heterocycles. The number of benzene rings is 1. The van der Waals surface area contributed by atoms with Gasteiger partial charge in [-0.25, -0.2) is 9.97 Å². The van der Waals surface area contributed by atoms with Gasteiger partial charge in [0.1, 0.15) is 11.6 Å². The molecule has 0 amide bonds. The molecule has 20 heavy (non-hydrogen) atoms. The summed E-state index contributed by atoms with van der Waals surface area (Å²) in [6, 6.07) is 7.81. The summed E-state index contributed by atoms with van der Waals surface area (Å²) >= 11 is 0. The van der Waals surface area contributed by atoms with Gasteiger partial charge in [0.25, 0.3) is 0 Å². The molecule has 1 heterocycles. The van der Waals surface area contributed by atoms with Crippen molar-refractivity contribution >= 4 is 5.82 Å². The lowest BCUT2D eigenvalue weighted by molar-refractivity contribution is 0.354. The Balaban J connectivity index is 1.94. The molecule has 106 valence electrons. The van der Waals surface area contributed by atoms with Crippen molar-refractivity contribution in [3.05, 3.63) is 41.9 Å². The highest BCUT2D eigenvalue weighted by Gasteiger charge is 2.04. The van der Waals surface area contributed by atoms with E-state index in [1.54, 1.807) is 20.4 Å². The van der Waals surface area contributed by atoms with E-state index in [9.17, 15) is 0 Å². The second kappa shape index (κ2) is 6.75. The van der Waals surface area contributed by atoms with Crippen molar-refractivity contribution in [2.24, 2.45) is 0 Å². The second-order valence-corrected chi connectivity index (χ2v) is 4.36. The summed E-state index contributed by atoms with van der Waals surface area (Å²) in [4.78, 5) is 8.36. The monoisotopic (exact) mass is 273 g/mol. The van der Waals surface area contributed by atoms with Crippen LogP contribution in [-0.2, 0) is 6.42 Å². The largest absolute Gasteiger partial charge is 0.493 e. The van der Waals surface area contributed by atoms with Crippen LogP contribution in [0, 0.1) is 6.92 Å². The second-order valence-electron chi connectivity index (χ2n) is 4.36. The van der Waals surface area contributed by atoms with E-state index in [-0.39, 0.29) is 0 Å². The molecule has 0 atom stereocenters. The van der Waals surface area contributed by atoms with E-state index < -0.39 is 0 Å². The molecule has 0 unspecified atom stereocenters. The van der Waals surface area contributed by atoms with Gasteiger partial charge in [-0.2, -0.15) is 0 Å². The average molecular weight is 273 g/mol. The Bertz CT molecular complexity index is 573. The van der Waals surface area contributed by atoms with Crippen molar-refractivity contribution in [3.63, 3.8) is 0 Å². The maximum absolute atomic E-state index is 5.29. The lowest BCUT2D eigenvalue weighted by Crippen LogP contribution is -2.07. The van der Waals surface area contributed by atoms with E-state index in [1.165, 1.54) is 5.56 Å². The number of aromatic nitrogens is 2. The Morgan fingerprint density at radius 2 is 1.90 bits per heavy atom. The van der Waals surface area contributed by atoms with Crippen molar-refractivity contribution in [2.75, 3.05) is 26.1 Å². The van der Waals surface area contributed by atoms with Crippen molar-refractivity contribution in [2.45, 2.75) is 13.3 Å². The van der Waals surface area contributed by atoms with Gasteiger partial charge in [-0.15, -0.1) is 0 Å². The summed E-state index contributed by atoms with van der Waals surface area (Å²) in [5.41, 5.74) is 1.18. The Morgan fingerprint density at radius 1 is 1.10 bits per heavy atom. The molecule has 2 aromatic rings. The molecule has 0 fully saturated rings. The molecule has 0 aliphatic carbocycles. The summed E-state index contributed by atoms with van der Waals surface area (Å²) in [7, 11) is 3.28. The summed E-state index contributed by atoms with van der Waals surface area (Å²) in [5.74, 6) is 3.11. The molecule has 0 aliphatic heterocycles. The molecule has 1 aromatic carbocycles. The van der Waals surface area contributed by atoms with E-state index in [0.29, 0.717) is 0 Å². The van der Waals surface area contributed by atoms with Crippen molar-refractivity contribution < 1.29 is 9.47 Å². The number of nitrogens with one attached hydrogen (secondary N) is 1. The molecule has 5 heteroatoms. The first-order valence-electron chi connectivity index (χ1n) is 6.47. The molecular formula is C15H19N3O2. The summed E-state index contributed by atoms with van der Waals surface area (Å²) in [6.45, 7) is 2.67. The predicted octanol–water partition coefficient (Wildman–Crippen LogP) is 2.46. The highest BCUT2D eigenvalue weighted by atomic mass is 16.5. The Morgan fingerprint density at radius 3 is 2.60 bits per heavy atom. The highest BCUT2D eigenvalue weighted by Crippen LogP contribution is 2.27. The van der Waals surface area contributed by atoms with E-state index >= 15 is 0 Å². The van der Waals surface area contributed by atoms with Crippen LogP contribution in [0.15, 0.2) is 30.5 Å². The van der Waals surface area contributed by atoms with E-state index in [2.05, 4.69) is 15.3 Å². The minimum Gasteiger partial charge on any atom is -0.493 e. The number of hydrogen-bond acceptors (Lipinski definition) is 5. The summed E-state index contributed by atoms with van der Waals surface area (Å²) in [6.07, 6.45) is 2.63. The third kappa shape index (κ3) is 3.60. The summed E-state index contributed by atoms with van der Waals surface area (Å²) in [5, 5.41) is 3.28. The number of rotatable bonds is 6. The zero-order chi connectivity index (χ0) is 14.4. The van der Waals surface area contributed by atoms with Crippen LogP contribution in [0.4, 0.5) is 5.82 Å². The first-order valence-corrected chi connectivity index (χ1v) is 6.47. The van der Waals surface area contributed by atoms with Gasteiger partial charge in [-0.1, -0.05) is 6.07 Å². The fourth-order valence-corrected chi connectivity index (χ4v) is 1.93. The van der Waals surface area contributed by atoms with E-state index in [4.69, 9.17) is 9.47 Å². The van der Waals surface area contributed by atoms with Gasteiger partial charge in [-0.3, -0.25) is 0 Å². The van der Waals surface area contributed by atoms with Crippen molar-refractivity contribution in [3.8, 4) is 11.5 Å². The standard InChI is InChI=1S/C15H19N3O2/c1-11-16-9-7-15(18-11)17-8-6-12-4-5-13(19-2)14(10-12)20-3/h4-5,7,9-10H,6,8H2,1-3H3,(H,16,17,18). The van der Waals surface area contributed by atoms with E-state index in [0.717, 1.165) is 36.1 Å². The van der Waals surface area contributed by atoms with Crippen LogP contribution < -0.4 is 14.8 Å². The SMILES string of the molecule is COc1ccc(CCNc2ccnc(C)n2)cc1OC. The van der Waals surface area contributed by atoms with Crippen LogP contribution in [0.5, 0.6) is 11.5 Å². The van der Waals surface area contributed by atoms with Gasteiger partial charge in [0.15, 0.2) is 11.5 Å². The molecule has 0 saturated carbocycles. The van der Waals surface area contributed by atoms with Gasteiger partial charge < -0.3 is 14.8 Å². The molecule has 0 bridgehead atoms. The van der Waals surface area contributed by atoms with E-state index in [1.807, 2.05) is 31.2 Å². The topological polar surface area (TPSA) is 56.3 Å². The van der Waals surface area contributed by atoms with Gasteiger partial charge in [-0.05, 0) is 37.1 Å². The van der Waals surface area contributed by atoms with Crippen LogP contribution >= 0.6 is 0 Å². The third-order valence-electron chi connectivity index (χ3n) is 2.94. The van der Waals surface area contributed by atoms with Gasteiger partial charge >= 0.3 is 0 Å². The average Bonchev–Trinajstić information content (AvgIpc) is 2.47. The van der Waals surface area contributed by atoms with Gasteiger partial charge in [0.05, 0.1) is 14.2 Å². The highest BCUT2D eigenvalue weighted by molar-refractivity contribution is 5.43. The zero-order valence-electron chi connectivity index (χ0n) is 12.0. The number of anilines is 1. The van der Waals surface area contributed by atoms with Gasteiger partial charge in [0, 0.05) is 12.7 Å². The molecule has 2 rings (SSSR count). The molecular weight excluding hydrogens is 254 g/mol. The molecule has 1 aromatic heterocycles. The van der Waals surface area contributed by atoms with Crippen LogP contribution in [0.1, 0.15) is 11.4 Å². The number of ether oxygens (including phenoxy) is 2. The maximum atomic E-state index is 5.29. The lowest BCUT2D eigenvalue weighted by Gasteiger charge is -2.10. The number of hydrogen-bond donors (Lipinski definition) is 1.